The number of carbonyl (C=O) groups excluding carboxylic acids is 1. The summed E-state index contributed by atoms with van der Waals surface area (Å²) in [4.78, 5) is 14.2. The SMILES string of the molecule is Cc1ccc(S(=O)(=O)NCc2ccco2)cc1C(=O)N(C)CCOc1ccccc1F. The number of aryl methyl sites for hydroxylation is 1. The Morgan fingerprint density at radius 2 is 1.94 bits per heavy atom. The minimum atomic E-state index is -3.84. The molecule has 0 aliphatic heterocycles. The predicted molar refractivity (Wildman–Crippen MR) is 113 cm³/mol. The molecular formula is C22H23FN2O5S. The van der Waals surface area contributed by atoms with Gasteiger partial charge in [-0.15, -0.1) is 0 Å². The van der Waals surface area contributed by atoms with Crippen LogP contribution in [0.2, 0.25) is 0 Å². The Morgan fingerprint density at radius 1 is 1.16 bits per heavy atom. The maximum absolute atomic E-state index is 13.6. The average Bonchev–Trinajstić information content (AvgIpc) is 3.27. The number of likely N-dealkylation sites (N-methyl/N-ethyl adjacent to an activating group) is 1. The van der Waals surface area contributed by atoms with Crippen LogP contribution in [0.1, 0.15) is 21.7 Å². The number of amides is 1. The molecule has 0 saturated carbocycles. The maximum Gasteiger partial charge on any atom is 0.254 e. The zero-order chi connectivity index (χ0) is 22.4. The molecule has 3 rings (SSSR count). The minimum absolute atomic E-state index is 0.000222. The third-order valence-corrected chi connectivity index (χ3v) is 6.03. The van der Waals surface area contributed by atoms with E-state index < -0.39 is 15.8 Å². The highest BCUT2D eigenvalue weighted by atomic mass is 32.2. The number of hydrogen-bond acceptors (Lipinski definition) is 5. The number of nitrogens with one attached hydrogen (secondary N) is 1. The van der Waals surface area contributed by atoms with Crippen molar-refractivity contribution in [1.29, 1.82) is 0 Å². The van der Waals surface area contributed by atoms with Crippen LogP contribution >= 0.6 is 0 Å². The summed E-state index contributed by atoms with van der Waals surface area (Å²) < 4.78 is 51.8. The van der Waals surface area contributed by atoms with Crippen molar-refractivity contribution >= 4 is 15.9 Å². The molecule has 1 aromatic heterocycles. The second-order valence-corrected chi connectivity index (χ2v) is 8.65. The zero-order valence-corrected chi connectivity index (χ0v) is 18.0. The van der Waals surface area contributed by atoms with Gasteiger partial charge in [-0.3, -0.25) is 4.79 Å². The molecule has 1 heterocycles. The number of halogens is 1. The predicted octanol–water partition coefficient (Wildman–Crippen LogP) is 3.36. The van der Waals surface area contributed by atoms with Gasteiger partial charge in [0.2, 0.25) is 10.0 Å². The van der Waals surface area contributed by atoms with Crippen LogP contribution in [0.4, 0.5) is 4.39 Å². The van der Waals surface area contributed by atoms with Gasteiger partial charge in [0.05, 0.1) is 24.2 Å². The molecule has 3 aromatic rings. The van der Waals surface area contributed by atoms with Gasteiger partial charge in [0, 0.05) is 12.6 Å². The van der Waals surface area contributed by atoms with Crippen LogP contribution in [0.15, 0.2) is 70.2 Å². The van der Waals surface area contributed by atoms with Gasteiger partial charge >= 0.3 is 0 Å². The largest absolute Gasteiger partial charge is 0.489 e. The van der Waals surface area contributed by atoms with Gasteiger partial charge in [0.15, 0.2) is 11.6 Å². The van der Waals surface area contributed by atoms with Crippen molar-refractivity contribution in [2.24, 2.45) is 0 Å². The van der Waals surface area contributed by atoms with Gasteiger partial charge in [-0.25, -0.2) is 17.5 Å². The molecule has 1 N–H and O–H groups in total. The number of ether oxygens (including phenoxy) is 1. The van der Waals surface area contributed by atoms with Crippen LogP contribution in [-0.2, 0) is 16.6 Å². The van der Waals surface area contributed by atoms with Gasteiger partial charge in [-0.1, -0.05) is 18.2 Å². The number of nitrogens with zero attached hydrogens (tertiary/aromatic N) is 1. The molecule has 0 aliphatic rings. The molecule has 0 unspecified atom stereocenters. The van der Waals surface area contributed by atoms with E-state index in [9.17, 15) is 17.6 Å². The highest BCUT2D eigenvalue weighted by Crippen LogP contribution is 2.18. The van der Waals surface area contributed by atoms with Crippen LogP contribution in [0, 0.1) is 12.7 Å². The van der Waals surface area contributed by atoms with Crippen molar-refractivity contribution in [3.63, 3.8) is 0 Å². The first-order valence-electron chi connectivity index (χ1n) is 9.53. The highest BCUT2D eigenvalue weighted by molar-refractivity contribution is 7.89. The Balaban J connectivity index is 1.66. The van der Waals surface area contributed by atoms with Gasteiger partial charge in [0.1, 0.15) is 12.4 Å². The Hall–Kier alpha value is -3.17. The molecule has 0 radical (unpaired) electrons. The fourth-order valence-electron chi connectivity index (χ4n) is 2.82. The van der Waals surface area contributed by atoms with Gasteiger partial charge in [-0.05, 0) is 48.9 Å². The molecule has 9 heteroatoms. The normalized spacial score (nSPS) is 11.3. The second-order valence-electron chi connectivity index (χ2n) is 6.89. The van der Waals surface area contributed by atoms with E-state index in [1.165, 1.54) is 35.4 Å². The number of rotatable bonds is 9. The number of hydrogen-bond donors (Lipinski definition) is 1. The minimum Gasteiger partial charge on any atom is -0.489 e. The Kier molecular flexibility index (Phi) is 7.09. The summed E-state index contributed by atoms with van der Waals surface area (Å²) in [6, 6.07) is 13.7. The van der Waals surface area contributed by atoms with E-state index in [1.807, 2.05) is 0 Å². The maximum atomic E-state index is 13.6. The summed E-state index contributed by atoms with van der Waals surface area (Å²) in [6.45, 7) is 2.01. The monoisotopic (exact) mass is 446 g/mol. The number of carbonyl (C=O) groups is 1. The number of furan rings is 1. The van der Waals surface area contributed by atoms with Crippen LogP contribution in [0.25, 0.3) is 0 Å². The van der Waals surface area contributed by atoms with Gasteiger partial charge < -0.3 is 14.1 Å². The molecular weight excluding hydrogens is 423 g/mol. The van der Waals surface area contributed by atoms with Crippen LogP contribution in [-0.4, -0.2) is 39.4 Å². The lowest BCUT2D eigenvalue weighted by molar-refractivity contribution is 0.0772. The highest BCUT2D eigenvalue weighted by Gasteiger charge is 2.20. The molecule has 7 nitrogen and oxygen atoms in total. The first-order chi connectivity index (χ1) is 14.8. The van der Waals surface area contributed by atoms with Crippen LogP contribution in [0.5, 0.6) is 5.75 Å². The summed E-state index contributed by atoms with van der Waals surface area (Å²) in [5, 5.41) is 0. The van der Waals surface area contributed by atoms with E-state index in [2.05, 4.69) is 4.72 Å². The number of para-hydroxylation sites is 1. The lowest BCUT2D eigenvalue weighted by Crippen LogP contribution is -2.32. The molecule has 0 spiro atoms. The van der Waals surface area contributed by atoms with E-state index in [1.54, 1.807) is 44.3 Å². The summed E-state index contributed by atoms with van der Waals surface area (Å²) in [5.74, 6) is -0.262. The first-order valence-corrected chi connectivity index (χ1v) is 11.0. The third-order valence-electron chi connectivity index (χ3n) is 4.63. The Bertz CT molecular complexity index is 1150. The zero-order valence-electron chi connectivity index (χ0n) is 17.2. The Labute approximate surface area is 180 Å². The quantitative estimate of drug-likeness (QED) is 0.545. The van der Waals surface area contributed by atoms with Gasteiger partial charge in [0.25, 0.3) is 5.91 Å². The fraction of sp³-hybridized carbons (Fsp3) is 0.227. The Morgan fingerprint density at radius 3 is 2.65 bits per heavy atom. The molecule has 0 atom stereocenters. The van der Waals surface area contributed by atoms with Crippen molar-refractivity contribution < 1.29 is 26.8 Å². The van der Waals surface area contributed by atoms with Crippen molar-refractivity contribution in [2.45, 2.75) is 18.4 Å². The lowest BCUT2D eigenvalue weighted by atomic mass is 10.1. The smallest absolute Gasteiger partial charge is 0.254 e. The second kappa shape index (κ2) is 9.76. The number of benzene rings is 2. The molecule has 0 fully saturated rings. The van der Waals surface area contributed by atoms with Crippen molar-refractivity contribution in [2.75, 3.05) is 20.2 Å². The molecule has 164 valence electrons. The van der Waals surface area contributed by atoms with Crippen molar-refractivity contribution in [3.05, 3.63) is 83.6 Å². The van der Waals surface area contributed by atoms with Crippen LogP contribution < -0.4 is 9.46 Å². The molecule has 0 bridgehead atoms. The number of sulfonamides is 1. The molecule has 0 aliphatic carbocycles. The van der Waals surface area contributed by atoms with Crippen molar-refractivity contribution in [1.82, 2.24) is 9.62 Å². The third kappa shape index (κ3) is 5.71. The van der Waals surface area contributed by atoms with E-state index in [-0.39, 0.29) is 41.8 Å². The molecule has 0 saturated heterocycles. The van der Waals surface area contributed by atoms with Crippen LogP contribution in [0.3, 0.4) is 0 Å². The lowest BCUT2D eigenvalue weighted by Gasteiger charge is -2.19. The van der Waals surface area contributed by atoms with E-state index in [0.29, 0.717) is 11.3 Å². The van der Waals surface area contributed by atoms with E-state index >= 15 is 0 Å². The average molecular weight is 447 g/mol. The fourth-order valence-corrected chi connectivity index (χ4v) is 3.84. The summed E-state index contributed by atoms with van der Waals surface area (Å²) in [7, 11) is -2.27. The standard InChI is InChI=1S/C22H23FN2O5S/c1-16-9-10-18(31(27,28)24-15-17-6-5-12-29-17)14-19(16)22(26)25(2)11-13-30-21-8-4-3-7-20(21)23/h3-10,12,14,24H,11,13,15H2,1-2H3. The van der Waals surface area contributed by atoms with E-state index in [4.69, 9.17) is 9.15 Å². The first kappa shape index (κ1) is 22.5. The summed E-state index contributed by atoms with van der Waals surface area (Å²) in [5.41, 5.74) is 0.895. The molecule has 31 heavy (non-hydrogen) atoms. The topological polar surface area (TPSA) is 88.8 Å². The molecule has 1 amide bonds. The van der Waals surface area contributed by atoms with Gasteiger partial charge in [-0.2, -0.15) is 0 Å². The summed E-state index contributed by atoms with van der Waals surface area (Å²) >= 11 is 0. The summed E-state index contributed by atoms with van der Waals surface area (Å²) in [6.07, 6.45) is 1.46. The molecule has 2 aromatic carbocycles. The van der Waals surface area contributed by atoms with Crippen molar-refractivity contribution in [3.8, 4) is 5.75 Å². The van der Waals surface area contributed by atoms with E-state index in [0.717, 1.165) is 0 Å².